The van der Waals surface area contributed by atoms with Crippen LogP contribution in [0, 0.1) is 0 Å². The summed E-state index contributed by atoms with van der Waals surface area (Å²) in [5, 5.41) is 18.5. The minimum absolute atomic E-state index is 0.143. The number of aromatic carboxylic acids is 1. The lowest BCUT2D eigenvalue weighted by molar-refractivity contribution is 0.0693. The van der Waals surface area contributed by atoms with Gasteiger partial charge >= 0.3 is 5.97 Å². The molecule has 0 aliphatic rings. The Morgan fingerprint density at radius 3 is 2.00 bits per heavy atom. The summed E-state index contributed by atoms with van der Waals surface area (Å²) in [7, 11) is 0. The third-order valence-electron chi connectivity index (χ3n) is 3.47. The van der Waals surface area contributed by atoms with Gasteiger partial charge in [0.1, 0.15) is 28.6 Å². The van der Waals surface area contributed by atoms with Gasteiger partial charge in [0.05, 0.1) is 19.3 Å². The van der Waals surface area contributed by atoms with Gasteiger partial charge in [-0.05, 0) is 63.1 Å². The van der Waals surface area contributed by atoms with E-state index in [2.05, 4.69) is 0 Å². The topological polar surface area (TPSA) is 85.2 Å². The molecule has 0 saturated heterocycles. The summed E-state index contributed by atoms with van der Waals surface area (Å²) in [5.41, 5.74) is -0.143. The van der Waals surface area contributed by atoms with E-state index in [9.17, 15) is 9.90 Å². The Balaban J connectivity index is 1.65. The second kappa shape index (κ2) is 9.56. The molecule has 0 fully saturated rings. The third-order valence-corrected chi connectivity index (χ3v) is 3.47. The van der Waals surface area contributed by atoms with E-state index >= 15 is 0 Å². The highest BCUT2D eigenvalue weighted by molar-refractivity contribution is 5.90. The second-order valence-corrected chi connectivity index (χ2v) is 6.03. The molecule has 2 rings (SSSR count). The van der Waals surface area contributed by atoms with Gasteiger partial charge in [0.15, 0.2) is 0 Å². The molecule has 26 heavy (non-hydrogen) atoms. The third kappa shape index (κ3) is 6.20. The van der Waals surface area contributed by atoms with Crippen molar-refractivity contribution in [3.8, 4) is 23.0 Å². The number of rotatable bonds is 10. The number of hydrogen-bond acceptors (Lipinski definition) is 5. The standard InChI is InChI=1S/C20H24O6/c1-14(2)26-16-7-5-15(6-8-16)24-11-3-4-12-25-17-9-10-18(20(22)23)19(21)13-17/h5-10,13-14,21H,3-4,11-12H2,1-2H3,(H,22,23). The van der Waals surface area contributed by atoms with Gasteiger partial charge < -0.3 is 24.4 Å². The van der Waals surface area contributed by atoms with Crippen LogP contribution in [0.15, 0.2) is 42.5 Å². The van der Waals surface area contributed by atoms with Crippen molar-refractivity contribution in [3.05, 3.63) is 48.0 Å². The zero-order chi connectivity index (χ0) is 18.9. The number of unbranched alkanes of at least 4 members (excludes halogenated alkanes) is 1. The summed E-state index contributed by atoms with van der Waals surface area (Å²) in [6, 6.07) is 11.7. The van der Waals surface area contributed by atoms with Crippen molar-refractivity contribution >= 4 is 5.97 Å². The van der Waals surface area contributed by atoms with E-state index in [0.717, 1.165) is 24.3 Å². The van der Waals surface area contributed by atoms with Crippen LogP contribution < -0.4 is 14.2 Å². The highest BCUT2D eigenvalue weighted by Gasteiger charge is 2.09. The van der Waals surface area contributed by atoms with Gasteiger partial charge in [-0.3, -0.25) is 0 Å². The normalized spacial score (nSPS) is 10.6. The number of carboxylic acids is 1. The first kappa shape index (κ1) is 19.4. The van der Waals surface area contributed by atoms with Gasteiger partial charge in [0.25, 0.3) is 0 Å². The Bertz CT molecular complexity index is 709. The molecule has 0 saturated carbocycles. The number of phenols is 1. The quantitative estimate of drug-likeness (QED) is 0.620. The highest BCUT2D eigenvalue weighted by atomic mass is 16.5. The van der Waals surface area contributed by atoms with Crippen molar-refractivity contribution in [2.75, 3.05) is 13.2 Å². The largest absolute Gasteiger partial charge is 0.507 e. The van der Waals surface area contributed by atoms with E-state index < -0.39 is 5.97 Å². The van der Waals surface area contributed by atoms with Crippen molar-refractivity contribution in [1.82, 2.24) is 0 Å². The second-order valence-electron chi connectivity index (χ2n) is 6.03. The van der Waals surface area contributed by atoms with Gasteiger partial charge in [-0.1, -0.05) is 0 Å². The lowest BCUT2D eigenvalue weighted by Crippen LogP contribution is -2.05. The fraction of sp³-hybridized carbons (Fsp3) is 0.350. The molecular weight excluding hydrogens is 336 g/mol. The lowest BCUT2D eigenvalue weighted by atomic mass is 10.2. The Hall–Kier alpha value is -2.89. The van der Waals surface area contributed by atoms with E-state index in [-0.39, 0.29) is 17.4 Å². The fourth-order valence-electron chi connectivity index (χ4n) is 2.25. The maximum absolute atomic E-state index is 10.8. The predicted octanol–water partition coefficient (Wildman–Crippen LogP) is 4.12. The van der Waals surface area contributed by atoms with Gasteiger partial charge in [0.2, 0.25) is 0 Å². The molecule has 0 unspecified atom stereocenters. The van der Waals surface area contributed by atoms with Gasteiger partial charge in [-0.15, -0.1) is 0 Å². The van der Waals surface area contributed by atoms with Gasteiger partial charge in [0, 0.05) is 6.07 Å². The smallest absolute Gasteiger partial charge is 0.339 e. The molecule has 2 aromatic rings. The van der Waals surface area contributed by atoms with E-state index in [0.29, 0.717) is 19.0 Å². The summed E-state index contributed by atoms with van der Waals surface area (Å²) in [6.45, 7) is 4.98. The predicted molar refractivity (Wildman–Crippen MR) is 97.5 cm³/mol. The molecule has 0 amide bonds. The Labute approximate surface area is 152 Å². The van der Waals surface area contributed by atoms with Crippen molar-refractivity contribution < 1.29 is 29.2 Å². The molecular formula is C20H24O6. The fourth-order valence-corrected chi connectivity index (χ4v) is 2.25. The molecule has 0 spiro atoms. The number of benzene rings is 2. The first-order chi connectivity index (χ1) is 12.5. The van der Waals surface area contributed by atoms with Gasteiger partial charge in [-0.2, -0.15) is 0 Å². The van der Waals surface area contributed by atoms with Crippen LogP contribution in [0.4, 0.5) is 0 Å². The molecule has 6 heteroatoms. The van der Waals surface area contributed by atoms with E-state index in [4.69, 9.17) is 19.3 Å². The highest BCUT2D eigenvalue weighted by Crippen LogP contribution is 2.24. The molecule has 0 aromatic heterocycles. The monoisotopic (exact) mass is 360 g/mol. The maximum atomic E-state index is 10.8. The maximum Gasteiger partial charge on any atom is 0.339 e. The average molecular weight is 360 g/mol. The summed E-state index contributed by atoms with van der Waals surface area (Å²) >= 11 is 0. The van der Waals surface area contributed by atoms with Crippen molar-refractivity contribution in [3.63, 3.8) is 0 Å². The van der Waals surface area contributed by atoms with Crippen LogP contribution in [0.1, 0.15) is 37.0 Å². The van der Waals surface area contributed by atoms with Crippen LogP contribution in [0.2, 0.25) is 0 Å². The first-order valence-corrected chi connectivity index (χ1v) is 8.54. The molecule has 0 aliphatic carbocycles. The summed E-state index contributed by atoms with van der Waals surface area (Å²) in [5.74, 6) is 0.571. The van der Waals surface area contributed by atoms with Gasteiger partial charge in [-0.25, -0.2) is 4.79 Å². The Morgan fingerprint density at radius 2 is 1.46 bits per heavy atom. The lowest BCUT2D eigenvalue weighted by Gasteiger charge is -2.11. The number of carbonyl (C=O) groups is 1. The summed E-state index contributed by atoms with van der Waals surface area (Å²) in [6.07, 6.45) is 1.73. The van der Waals surface area contributed by atoms with Crippen LogP contribution in [0.3, 0.4) is 0 Å². The van der Waals surface area contributed by atoms with Crippen molar-refractivity contribution in [1.29, 1.82) is 0 Å². The first-order valence-electron chi connectivity index (χ1n) is 8.54. The van der Waals surface area contributed by atoms with Crippen LogP contribution in [0.5, 0.6) is 23.0 Å². The molecule has 2 N–H and O–H groups in total. The zero-order valence-corrected chi connectivity index (χ0v) is 15.0. The molecule has 2 aromatic carbocycles. The summed E-state index contributed by atoms with van der Waals surface area (Å²) < 4.78 is 16.7. The van der Waals surface area contributed by atoms with Crippen LogP contribution >= 0.6 is 0 Å². The minimum atomic E-state index is -1.17. The van der Waals surface area contributed by atoms with E-state index in [1.807, 2.05) is 38.1 Å². The molecule has 140 valence electrons. The molecule has 0 bridgehead atoms. The molecule has 0 radical (unpaired) electrons. The molecule has 6 nitrogen and oxygen atoms in total. The number of hydrogen-bond donors (Lipinski definition) is 2. The number of carboxylic acid groups (broad SMARTS) is 1. The molecule has 0 atom stereocenters. The minimum Gasteiger partial charge on any atom is -0.507 e. The van der Waals surface area contributed by atoms with Crippen molar-refractivity contribution in [2.24, 2.45) is 0 Å². The SMILES string of the molecule is CC(C)Oc1ccc(OCCCCOc2ccc(C(=O)O)c(O)c2)cc1. The molecule has 0 aliphatic heterocycles. The number of aromatic hydroxyl groups is 1. The van der Waals surface area contributed by atoms with E-state index in [1.54, 1.807) is 0 Å². The Morgan fingerprint density at radius 1 is 0.923 bits per heavy atom. The van der Waals surface area contributed by atoms with Crippen LogP contribution in [-0.2, 0) is 0 Å². The average Bonchev–Trinajstić information content (AvgIpc) is 2.58. The summed E-state index contributed by atoms with van der Waals surface area (Å²) in [4.78, 5) is 10.8. The van der Waals surface area contributed by atoms with E-state index in [1.165, 1.54) is 18.2 Å². The molecule has 0 heterocycles. The zero-order valence-electron chi connectivity index (χ0n) is 15.0. The van der Waals surface area contributed by atoms with Crippen LogP contribution in [-0.4, -0.2) is 35.5 Å². The van der Waals surface area contributed by atoms with Crippen molar-refractivity contribution in [2.45, 2.75) is 32.8 Å². The van der Waals surface area contributed by atoms with Crippen LogP contribution in [0.25, 0.3) is 0 Å². The Kier molecular flexibility index (Phi) is 7.14. The number of ether oxygens (including phenoxy) is 3.